The summed E-state index contributed by atoms with van der Waals surface area (Å²) in [4.78, 5) is 9.37. The van der Waals surface area contributed by atoms with Crippen molar-refractivity contribution in [2.45, 2.75) is 40.5 Å². The third-order valence-corrected chi connectivity index (χ3v) is 7.87. The van der Waals surface area contributed by atoms with Crippen molar-refractivity contribution in [3.05, 3.63) is 70.7 Å². The number of aromatic nitrogens is 2. The molecule has 0 saturated carbocycles. The Kier molecular flexibility index (Phi) is 10.6. The first kappa shape index (κ1) is 28.9. The summed E-state index contributed by atoms with van der Waals surface area (Å²) in [6, 6.07) is 19.9. The quantitative estimate of drug-likeness (QED) is 0.0966. The molecule has 0 aliphatic rings. The Hall–Kier alpha value is -1.71. The fraction of sp³-hybridized carbons (Fsp3) is 0.259. The molecule has 3 aromatic carbocycles. The van der Waals surface area contributed by atoms with Gasteiger partial charge in [0.05, 0.1) is 30.5 Å². The Labute approximate surface area is 235 Å². The number of fused-ring (bicyclic) bond motifs is 2. The van der Waals surface area contributed by atoms with Gasteiger partial charge in [0.25, 0.3) is 0 Å². The van der Waals surface area contributed by atoms with Crippen LogP contribution in [0.5, 0.6) is 0 Å². The van der Waals surface area contributed by atoms with E-state index in [2.05, 4.69) is 67.0 Å². The molecule has 0 aliphatic carbocycles. The zero-order valence-corrected chi connectivity index (χ0v) is 24.5. The summed E-state index contributed by atoms with van der Waals surface area (Å²) in [6.07, 6.45) is 2.65. The summed E-state index contributed by atoms with van der Waals surface area (Å²) in [5, 5.41) is 9.93. The van der Waals surface area contributed by atoms with Crippen molar-refractivity contribution in [1.82, 2.24) is 9.97 Å². The maximum absolute atomic E-state index is 6.93. The summed E-state index contributed by atoms with van der Waals surface area (Å²) in [5.41, 5.74) is 4.18. The number of hydrogen-bond donors (Lipinski definition) is 2. The van der Waals surface area contributed by atoms with Crippen LogP contribution in [0.1, 0.15) is 40.5 Å². The summed E-state index contributed by atoms with van der Waals surface area (Å²) in [7, 11) is 0. The lowest BCUT2D eigenvalue weighted by molar-refractivity contribution is -0.113. The van der Waals surface area contributed by atoms with E-state index in [4.69, 9.17) is 28.5 Å². The van der Waals surface area contributed by atoms with Crippen LogP contribution in [0.4, 0.5) is 0 Å². The van der Waals surface area contributed by atoms with Crippen LogP contribution < -0.4 is 0 Å². The molecule has 0 saturated heterocycles. The SMILES string of the molecule is CCCC(C)(C)C.Clc1cc(-c2nc3ccccc3s2)c(Cl)cc1-c1nc2ccccc2s1.OOS. The van der Waals surface area contributed by atoms with E-state index in [9.17, 15) is 0 Å². The van der Waals surface area contributed by atoms with E-state index in [-0.39, 0.29) is 0 Å². The molecule has 5 rings (SSSR count). The summed E-state index contributed by atoms with van der Waals surface area (Å²) >= 11 is 19.3. The Bertz CT molecular complexity index is 1260. The van der Waals surface area contributed by atoms with Crippen molar-refractivity contribution < 1.29 is 9.59 Å². The molecule has 1 N–H and O–H groups in total. The Morgan fingerprint density at radius 1 is 0.833 bits per heavy atom. The molecule has 0 atom stereocenters. The van der Waals surface area contributed by atoms with Gasteiger partial charge in [0.1, 0.15) is 10.0 Å². The predicted molar refractivity (Wildman–Crippen MR) is 161 cm³/mol. The maximum atomic E-state index is 6.93. The third kappa shape index (κ3) is 7.65. The lowest BCUT2D eigenvalue weighted by Crippen LogP contribution is -2.02. The normalized spacial score (nSPS) is 11.1. The van der Waals surface area contributed by atoms with Crippen LogP contribution in [0.25, 0.3) is 41.6 Å². The molecule has 5 aromatic rings. The van der Waals surface area contributed by atoms with E-state index in [1.807, 2.05) is 48.5 Å². The average molecular weight is 580 g/mol. The number of nitrogens with zero attached hydrogens (tertiary/aromatic N) is 2. The number of hydrogen-bond acceptors (Lipinski definition) is 7. The van der Waals surface area contributed by atoms with Gasteiger partial charge >= 0.3 is 0 Å². The second kappa shape index (κ2) is 13.2. The van der Waals surface area contributed by atoms with Gasteiger partial charge in [-0.3, -0.25) is 0 Å². The summed E-state index contributed by atoms with van der Waals surface area (Å²) in [5.74, 6) is 0. The van der Waals surface area contributed by atoms with Crippen LogP contribution in [0.3, 0.4) is 0 Å². The molecule has 0 spiro atoms. The number of para-hydroxylation sites is 2. The molecule has 2 aromatic heterocycles. The standard InChI is InChI=1S/C20H10Cl2N2S2.C7H16.H2O2S/c21-13-10-12(20-24-16-6-2-4-8-18(16)26-20)14(22)9-11(13)19-23-15-5-1-3-7-17(15)25-19;1-5-6-7(2,3)4;1-2-3/h1-10H;5-6H2,1-4H3;1,3H. The van der Waals surface area contributed by atoms with Crippen molar-refractivity contribution in [3.8, 4) is 21.1 Å². The lowest BCUT2D eigenvalue weighted by atomic mass is 9.91. The van der Waals surface area contributed by atoms with Gasteiger partial charge in [-0.2, -0.15) is 4.33 Å². The molecule has 0 radical (unpaired) electrons. The smallest absolute Gasteiger partial charge is 0.126 e. The highest BCUT2D eigenvalue weighted by atomic mass is 35.5. The van der Waals surface area contributed by atoms with Crippen LogP contribution in [0.15, 0.2) is 60.7 Å². The first-order valence-corrected chi connectivity index (χ1v) is 14.1. The molecule has 0 fully saturated rings. The van der Waals surface area contributed by atoms with Gasteiger partial charge in [-0.25, -0.2) is 15.2 Å². The minimum atomic E-state index is 0.550. The molecular weight excluding hydrogens is 551 g/mol. The minimum absolute atomic E-state index is 0.550. The number of benzene rings is 3. The number of thiazole rings is 2. The molecule has 36 heavy (non-hydrogen) atoms. The Morgan fingerprint density at radius 3 is 1.53 bits per heavy atom. The summed E-state index contributed by atoms with van der Waals surface area (Å²) < 4.78 is 5.20. The molecule has 9 heteroatoms. The first-order chi connectivity index (χ1) is 17.2. The van der Waals surface area contributed by atoms with E-state index < -0.39 is 0 Å². The van der Waals surface area contributed by atoms with Crippen molar-refractivity contribution in [2.75, 3.05) is 0 Å². The highest BCUT2D eigenvalue weighted by Gasteiger charge is 2.16. The fourth-order valence-corrected chi connectivity index (χ4v) is 6.21. The Balaban J connectivity index is 0.000000310. The topological polar surface area (TPSA) is 55.2 Å². The zero-order valence-electron chi connectivity index (χ0n) is 20.5. The molecule has 0 bridgehead atoms. The van der Waals surface area contributed by atoms with Gasteiger partial charge in [-0.05, 0) is 48.2 Å². The third-order valence-electron chi connectivity index (χ3n) is 5.11. The van der Waals surface area contributed by atoms with Gasteiger partial charge in [-0.15, -0.1) is 22.7 Å². The van der Waals surface area contributed by atoms with Gasteiger partial charge in [0.15, 0.2) is 0 Å². The first-order valence-electron chi connectivity index (χ1n) is 11.3. The van der Waals surface area contributed by atoms with Crippen LogP contribution in [0.2, 0.25) is 10.0 Å². The number of halogens is 2. The van der Waals surface area contributed by atoms with Crippen LogP contribution in [-0.4, -0.2) is 15.2 Å². The molecule has 0 amide bonds. The van der Waals surface area contributed by atoms with Crippen LogP contribution in [0, 0.1) is 5.41 Å². The van der Waals surface area contributed by atoms with E-state index in [0.29, 0.717) is 15.5 Å². The predicted octanol–water partition coefficient (Wildman–Crippen LogP) is 10.7. The average Bonchev–Trinajstić information content (AvgIpc) is 3.44. The van der Waals surface area contributed by atoms with Crippen molar-refractivity contribution in [1.29, 1.82) is 0 Å². The second-order valence-electron chi connectivity index (χ2n) is 9.18. The number of thiol groups is 1. The highest BCUT2D eigenvalue weighted by molar-refractivity contribution is 7.74. The van der Waals surface area contributed by atoms with Crippen LogP contribution in [-0.2, 0) is 4.33 Å². The monoisotopic (exact) mass is 578 g/mol. The van der Waals surface area contributed by atoms with Crippen molar-refractivity contribution >= 4 is 79.2 Å². The number of rotatable bonds is 3. The second-order valence-corrected chi connectivity index (χ2v) is 12.2. The zero-order chi connectivity index (χ0) is 26.3. The fourth-order valence-electron chi connectivity index (χ4n) is 3.60. The van der Waals surface area contributed by atoms with E-state index in [1.165, 1.54) is 12.8 Å². The van der Waals surface area contributed by atoms with E-state index in [1.54, 1.807) is 22.7 Å². The highest BCUT2D eigenvalue weighted by Crippen LogP contribution is 2.41. The summed E-state index contributed by atoms with van der Waals surface area (Å²) in [6.45, 7) is 9.05. The van der Waals surface area contributed by atoms with Crippen LogP contribution >= 0.6 is 58.8 Å². The van der Waals surface area contributed by atoms with Gasteiger partial charge in [0, 0.05) is 24.0 Å². The molecule has 190 valence electrons. The van der Waals surface area contributed by atoms with Gasteiger partial charge in [-0.1, -0.05) is 81.6 Å². The maximum Gasteiger partial charge on any atom is 0.126 e. The molecular formula is C27H28Cl2N2O2S3. The molecule has 4 nitrogen and oxygen atoms in total. The lowest BCUT2D eigenvalue weighted by Gasteiger charge is -2.15. The van der Waals surface area contributed by atoms with Gasteiger partial charge < -0.3 is 0 Å². The van der Waals surface area contributed by atoms with Crippen molar-refractivity contribution in [3.63, 3.8) is 0 Å². The van der Waals surface area contributed by atoms with E-state index >= 15 is 0 Å². The Morgan fingerprint density at radius 2 is 1.22 bits per heavy atom. The van der Waals surface area contributed by atoms with E-state index in [0.717, 1.165) is 41.6 Å². The molecule has 2 heterocycles. The molecule has 0 unspecified atom stereocenters. The largest absolute Gasteiger partial charge is 0.240 e. The minimum Gasteiger partial charge on any atom is -0.240 e. The van der Waals surface area contributed by atoms with Crippen molar-refractivity contribution in [2.24, 2.45) is 5.41 Å². The van der Waals surface area contributed by atoms with Gasteiger partial charge in [0.2, 0.25) is 0 Å². The molecule has 0 aliphatic heterocycles.